The van der Waals surface area contributed by atoms with Gasteiger partial charge in [0.15, 0.2) is 0 Å². The second-order valence-corrected chi connectivity index (χ2v) is 7.82. The number of carbonyl (C=O) groups excluding carboxylic acids is 3. The first-order chi connectivity index (χ1) is 17.4. The normalized spacial score (nSPS) is 10.2. The van der Waals surface area contributed by atoms with E-state index in [1.165, 1.54) is 14.2 Å². The standard InChI is InChI=1S/C27H29N3O6/c1-18-6-4-5-7-22(18)29-27(33)30-23-13-8-19(16-24(23)34-2)17-25(31)28-14-15-36-21-11-9-20(10-12-21)26(32)35-3/h4-13,16H,14-15,17H2,1-3H3,(H,28,31)(H2,29,30,33). The maximum atomic E-state index is 12.4. The molecule has 0 fully saturated rings. The average Bonchev–Trinajstić information content (AvgIpc) is 2.88. The van der Waals surface area contributed by atoms with Crippen molar-refractivity contribution in [2.75, 3.05) is 38.0 Å². The van der Waals surface area contributed by atoms with E-state index in [9.17, 15) is 14.4 Å². The highest BCUT2D eigenvalue weighted by atomic mass is 16.5. The number of ether oxygens (including phenoxy) is 3. The minimum absolute atomic E-state index is 0.139. The first-order valence-electron chi connectivity index (χ1n) is 11.3. The van der Waals surface area contributed by atoms with Gasteiger partial charge in [-0.25, -0.2) is 9.59 Å². The SMILES string of the molecule is COC(=O)c1ccc(OCCNC(=O)Cc2ccc(NC(=O)Nc3ccccc3C)c(OC)c2)cc1. The van der Waals surface area contributed by atoms with E-state index in [2.05, 4.69) is 20.7 Å². The van der Waals surface area contributed by atoms with E-state index in [1.54, 1.807) is 42.5 Å². The molecule has 0 aliphatic heterocycles. The van der Waals surface area contributed by atoms with Gasteiger partial charge >= 0.3 is 12.0 Å². The van der Waals surface area contributed by atoms with E-state index in [0.717, 1.165) is 11.1 Å². The van der Waals surface area contributed by atoms with Gasteiger partial charge in [-0.1, -0.05) is 24.3 Å². The van der Waals surface area contributed by atoms with Crippen molar-refractivity contribution < 1.29 is 28.6 Å². The second kappa shape index (κ2) is 12.8. The first-order valence-corrected chi connectivity index (χ1v) is 11.3. The van der Waals surface area contributed by atoms with Gasteiger partial charge in [0.2, 0.25) is 5.91 Å². The van der Waals surface area contributed by atoms with Gasteiger partial charge in [0, 0.05) is 5.69 Å². The van der Waals surface area contributed by atoms with Crippen LogP contribution in [0.15, 0.2) is 66.7 Å². The fraction of sp³-hybridized carbons (Fsp3) is 0.222. The summed E-state index contributed by atoms with van der Waals surface area (Å²) in [6, 6.07) is 18.8. The van der Waals surface area contributed by atoms with Crippen molar-refractivity contribution in [1.82, 2.24) is 5.32 Å². The van der Waals surface area contributed by atoms with Gasteiger partial charge in [-0.3, -0.25) is 4.79 Å². The van der Waals surface area contributed by atoms with Crippen LogP contribution in [0.4, 0.5) is 16.2 Å². The molecule has 3 aromatic carbocycles. The summed E-state index contributed by atoms with van der Waals surface area (Å²) < 4.78 is 15.6. The quantitative estimate of drug-likeness (QED) is 0.290. The predicted octanol–water partition coefficient (Wildman–Crippen LogP) is 4.17. The van der Waals surface area contributed by atoms with Crippen LogP contribution >= 0.6 is 0 Å². The van der Waals surface area contributed by atoms with E-state index < -0.39 is 12.0 Å². The Kier molecular flexibility index (Phi) is 9.27. The van der Waals surface area contributed by atoms with Gasteiger partial charge in [0.05, 0.1) is 38.4 Å². The van der Waals surface area contributed by atoms with E-state index in [0.29, 0.717) is 35.0 Å². The smallest absolute Gasteiger partial charge is 0.337 e. The van der Waals surface area contributed by atoms with E-state index >= 15 is 0 Å². The molecule has 188 valence electrons. The van der Waals surface area contributed by atoms with Gasteiger partial charge in [-0.05, 0) is 60.5 Å². The fourth-order valence-corrected chi connectivity index (χ4v) is 3.35. The van der Waals surface area contributed by atoms with Crippen molar-refractivity contribution in [2.24, 2.45) is 0 Å². The molecule has 3 amide bonds. The molecule has 0 heterocycles. The average molecular weight is 492 g/mol. The lowest BCUT2D eigenvalue weighted by molar-refractivity contribution is -0.120. The Hall–Kier alpha value is -4.53. The Bertz CT molecular complexity index is 1210. The monoisotopic (exact) mass is 491 g/mol. The Labute approximate surface area is 209 Å². The van der Waals surface area contributed by atoms with E-state index in [1.807, 2.05) is 31.2 Å². The number of hydrogen-bond acceptors (Lipinski definition) is 6. The molecule has 0 saturated carbocycles. The minimum atomic E-state index is -0.417. The number of nitrogens with one attached hydrogen (secondary N) is 3. The molecule has 0 aliphatic carbocycles. The summed E-state index contributed by atoms with van der Waals surface area (Å²) in [6.45, 7) is 2.49. The molecule has 0 radical (unpaired) electrons. The van der Waals surface area contributed by atoms with Gasteiger partial charge in [-0.15, -0.1) is 0 Å². The van der Waals surface area contributed by atoms with Gasteiger partial charge < -0.3 is 30.2 Å². The third-order valence-electron chi connectivity index (χ3n) is 5.24. The van der Waals surface area contributed by atoms with Crippen LogP contribution in [-0.4, -0.2) is 45.3 Å². The maximum Gasteiger partial charge on any atom is 0.337 e. The largest absolute Gasteiger partial charge is 0.495 e. The van der Waals surface area contributed by atoms with Crippen LogP contribution in [0.1, 0.15) is 21.5 Å². The fourth-order valence-electron chi connectivity index (χ4n) is 3.35. The number of methoxy groups -OCH3 is 2. The van der Waals surface area contributed by atoms with Gasteiger partial charge in [-0.2, -0.15) is 0 Å². The number of benzene rings is 3. The molecule has 0 atom stereocenters. The van der Waals surface area contributed by atoms with Crippen LogP contribution < -0.4 is 25.4 Å². The molecule has 36 heavy (non-hydrogen) atoms. The maximum absolute atomic E-state index is 12.4. The molecule has 0 unspecified atom stereocenters. The second-order valence-electron chi connectivity index (χ2n) is 7.82. The number of aryl methyl sites for hydroxylation is 1. The molecule has 3 aromatic rings. The summed E-state index contributed by atoms with van der Waals surface area (Å²) in [5, 5.41) is 8.37. The molecule has 3 N–H and O–H groups in total. The lowest BCUT2D eigenvalue weighted by Gasteiger charge is -2.14. The van der Waals surface area contributed by atoms with Gasteiger partial charge in [0.1, 0.15) is 18.1 Å². The zero-order valence-corrected chi connectivity index (χ0v) is 20.4. The van der Waals surface area contributed by atoms with Gasteiger partial charge in [0.25, 0.3) is 0 Å². The van der Waals surface area contributed by atoms with Crippen LogP contribution in [0.5, 0.6) is 11.5 Å². The number of anilines is 2. The summed E-state index contributed by atoms with van der Waals surface area (Å²) in [5.41, 5.74) is 3.31. The lowest BCUT2D eigenvalue weighted by Crippen LogP contribution is -2.29. The molecule has 0 bridgehead atoms. The molecule has 0 spiro atoms. The van der Waals surface area contributed by atoms with Crippen molar-refractivity contribution >= 4 is 29.3 Å². The lowest BCUT2D eigenvalue weighted by atomic mass is 10.1. The highest BCUT2D eigenvalue weighted by Crippen LogP contribution is 2.26. The number of esters is 1. The summed E-state index contributed by atoms with van der Waals surface area (Å²) in [4.78, 5) is 36.2. The molecule has 9 heteroatoms. The minimum Gasteiger partial charge on any atom is -0.495 e. The van der Waals surface area contributed by atoms with Crippen molar-refractivity contribution in [3.8, 4) is 11.5 Å². The van der Waals surface area contributed by atoms with Crippen LogP contribution in [0.3, 0.4) is 0 Å². The number of urea groups is 1. The zero-order chi connectivity index (χ0) is 25.9. The van der Waals surface area contributed by atoms with Crippen LogP contribution in [0.25, 0.3) is 0 Å². The van der Waals surface area contributed by atoms with Crippen molar-refractivity contribution in [3.05, 3.63) is 83.4 Å². The summed E-state index contributed by atoms with van der Waals surface area (Å²) in [5.74, 6) is 0.426. The van der Waals surface area contributed by atoms with Crippen molar-refractivity contribution in [3.63, 3.8) is 0 Å². The molecule has 3 rings (SSSR count). The number of hydrogen-bond donors (Lipinski definition) is 3. The number of carbonyl (C=O) groups is 3. The van der Waals surface area contributed by atoms with Crippen molar-refractivity contribution in [2.45, 2.75) is 13.3 Å². The Balaban J connectivity index is 1.46. The molecule has 0 aromatic heterocycles. The molecule has 0 aliphatic rings. The summed E-state index contributed by atoms with van der Waals surface area (Å²) >= 11 is 0. The third-order valence-corrected chi connectivity index (χ3v) is 5.24. The topological polar surface area (TPSA) is 115 Å². The number of amides is 3. The molecule has 9 nitrogen and oxygen atoms in total. The summed E-state index contributed by atoms with van der Waals surface area (Å²) in [6.07, 6.45) is 0.139. The Morgan fingerprint density at radius 1 is 0.861 bits per heavy atom. The predicted molar refractivity (Wildman–Crippen MR) is 137 cm³/mol. The third kappa shape index (κ3) is 7.49. The molecular weight excluding hydrogens is 462 g/mol. The summed E-state index contributed by atoms with van der Waals surface area (Å²) in [7, 11) is 2.82. The highest BCUT2D eigenvalue weighted by Gasteiger charge is 2.12. The zero-order valence-electron chi connectivity index (χ0n) is 20.4. The van der Waals surface area contributed by atoms with Crippen LogP contribution in [-0.2, 0) is 16.0 Å². The van der Waals surface area contributed by atoms with Crippen LogP contribution in [0, 0.1) is 6.92 Å². The van der Waals surface area contributed by atoms with E-state index in [4.69, 9.17) is 9.47 Å². The molecular formula is C27H29N3O6. The Morgan fingerprint density at radius 3 is 2.28 bits per heavy atom. The highest BCUT2D eigenvalue weighted by molar-refractivity contribution is 6.01. The van der Waals surface area contributed by atoms with E-state index in [-0.39, 0.29) is 18.9 Å². The Morgan fingerprint density at radius 2 is 1.58 bits per heavy atom. The van der Waals surface area contributed by atoms with Crippen molar-refractivity contribution in [1.29, 1.82) is 0 Å². The number of rotatable bonds is 10. The number of para-hydroxylation sites is 1. The van der Waals surface area contributed by atoms with Crippen LogP contribution in [0.2, 0.25) is 0 Å². The molecule has 0 saturated heterocycles. The first kappa shape index (κ1) is 26.1.